The highest BCUT2D eigenvalue weighted by Gasteiger charge is 2.45. The Morgan fingerprint density at radius 1 is 1.36 bits per heavy atom. The van der Waals surface area contributed by atoms with E-state index in [1.165, 1.54) is 6.07 Å². The summed E-state index contributed by atoms with van der Waals surface area (Å²) in [5, 5.41) is 0. The predicted molar refractivity (Wildman–Crippen MR) is 76.5 cm³/mol. The quantitative estimate of drug-likeness (QED) is 0.563. The summed E-state index contributed by atoms with van der Waals surface area (Å²) in [5.41, 5.74) is -0.567. The Morgan fingerprint density at radius 3 is 2.64 bits per heavy atom. The molecule has 1 saturated heterocycles. The maximum atomic E-state index is 14.1. The van der Waals surface area contributed by atoms with Crippen molar-refractivity contribution in [1.82, 2.24) is 0 Å². The Hall–Kier alpha value is -1.31. The van der Waals surface area contributed by atoms with Crippen LogP contribution in [0.4, 0.5) is 23.2 Å². The van der Waals surface area contributed by atoms with Gasteiger partial charge in [0.25, 0.3) is 0 Å². The second-order valence-electron chi connectivity index (χ2n) is 5.02. The van der Waals surface area contributed by atoms with Crippen molar-refractivity contribution in [2.24, 2.45) is 0 Å². The summed E-state index contributed by atoms with van der Waals surface area (Å²) in [4.78, 5) is 12.8. The van der Waals surface area contributed by atoms with E-state index in [4.69, 9.17) is 0 Å². The van der Waals surface area contributed by atoms with Crippen LogP contribution in [0.5, 0.6) is 0 Å². The number of hydrogen-bond acceptors (Lipinski definition) is 3. The lowest BCUT2D eigenvalue weighted by Crippen LogP contribution is -2.49. The zero-order valence-electron chi connectivity index (χ0n) is 11.7. The monoisotopic (exact) mass is 383 g/mol. The molecular formula is C14H14BrF4NO2. The minimum absolute atomic E-state index is 0.0851. The van der Waals surface area contributed by atoms with Crippen LogP contribution in [-0.4, -0.2) is 31.8 Å². The van der Waals surface area contributed by atoms with Crippen LogP contribution in [0.2, 0.25) is 0 Å². The summed E-state index contributed by atoms with van der Waals surface area (Å²) in [6.45, 7) is 0.101. The van der Waals surface area contributed by atoms with Crippen LogP contribution in [-0.2, 0) is 4.74 Å². The zero-order valence-corrected chi connectivity index (χ0v) is 13.3. The van der Waals surface area contributed by atoms with Gasteiger partial charge in [-0.25, -0.2) is 9.18 Å². The molecule has 0 spiro atoms. The molecule has 0 saturated carbocycles. The first-order valence-electron chi connectivity index (χ1n) is 6.66. The van der Waals surface area contributed by atoms with Gasteiger partial charge >= 0.3 is 12.1 Å². The minimum atomic E-state index is -4.45. The molecule has 8 heteroatoms. The molecule has 122 valence electrons. The van der Waals surface area contributed by atoms with Crippen molar-refractivity contribution < 1.29 is 27.1 Å². The second kappa shape index (κ2) is 6.44. The lowest BCUT2D eigenvalue weighted by molar-refractivity contribution is -0.152. The molecule has 22 heavy (non-hydrogen) atoms. The van der Waals surface area contributed by atoms with Gasteiger partial charge in [0.2, 0.25) is 0 Å². The van der Waals surface area contributed by atoms with Crippen LogP contribution < -0.4 is 4.90 Å². The van der Waals surface area contributed by atoms with Gasteiger partial charge in [0.15, 0.2) is 0 Å². The lowest BCUT2D eigenvalue weighted by Gasteiger charge is -2.39. The van der Waals surface area contributed by atoms with Gasteiger partial charge in [0, 0.05) is 11.0 Å². The van der Waals surface area contributed by atoms with Gasteiger partial charge < -0.3 is 9.64 Å². The molecule has 1 aliphatic heterocycles. The number of carbonyl (C=O) groups excluding carboxylic acids is 1. The van der Waals surface area contributed by atoms with Crippen molar-refractivity contribution in [2.45, 2.75) is 31.5 Å². The molecule has 0 aliphatic carbocycles. The predicted octanol–water partition coefficient (Wildman–Crippen LogP) is 4.30. The van der Waals surface area contributed by atoms with E-state index in [2.05, 4.69) is 20.7 Å². The molecule has 1 aromatic rings. The fourth-order valence-electron chi connectivity index (χ4n) is 2.65. The summed E-state index contributed by atoms with van der Waals surface area (Å²) in [6.07, 6.45) is -3.56. The molecule has 1 aliphatic rings. The van der Waals surface area contributed by atoms with E-state index < -0.39 is 29.6 Å². The Labute approximate surface area is 133 Å². The number of methoxy groups -OCH3 is 1. The third kappa shape index (κ3) is 3.37. The molecule has 2 rings (SSSR count). The van der Waals surface area contributed by atoms with Gasteiger partial charge in [0.1, 0.15) is 17.4 Å². The standard InChI is InChI=1S/C14H14BrF4NO2/c1-22-13(21)12-9(16)6-8(15)7-10(12)20-5-3-2-4-11(20)14(17,18)19/h6-7,11H,2-5H2,1H3. The summed E-state index contributed by atoms with van der Waals surface area (Å²) in [5.74, 6) is -1.91. The van der Waals surface area contributed by atoms with Gasteiger partial charge in [-0.05, 0) is 31.4 Å². The summed E-state index contributed by atoms with van der Waals surface area (Å²) >= 11 is 3.06. The molecule has 0 bridgehead atoms. The van der Waals surface area contributed by atoms with Gasteiger partial charge in [-0.1, -0.05) is 15.9 Å². The molecule has 3 nitrogen and oxygen atoms in total. The van der Waals surface area contributed by atoms with Crippen molar-refractivity contribution in [3.63, 3.8) is 0 Å². The lowest BCUT2D eigenvalue weighted by atomic mass is 9.99. The van der Waals surface area contributed by atoms with Crippen LogP contribution >= 0.6 is 15.9 Å². The number of benzene rings is 1. The number of hydrogen-bond donors (Lipinski definition) is 0. The summed E-state index contributed by atoms with van der Waals surface area (Å²) < 4.78 is 58.5. The summed E-state index contributed by atoms with van der Waals surface area (Å²) in [7, 11) is 1.06. The number of alkyl halides is 3. The van der Waals surface area contributed by atoms with Crippen LogP contribution in [0, 0.1) is 5.82 Å². The number of ether oxygens (including phenoxy) is 1. The fourth-order valence-corrected chi connectivity index (χ4v) is 3.07. The van der Waals surface area contributed by atoms with Gasteiger partial charge in [-0.15, -0.1) is 0 Å². The Morgan fingerprint density at radius 2 is 2.05 bits per heavy atom. The van der Waals surface area contributed by atoms with E-state index in [1.54, 1.807) is 0 Å². The maximum Gasteiger partial charge on any atom is 0.408 e. The number of carbonyl (C=O) groups is 1. The molecule has 0 radical (unpaired) electrons. The van der Waals surface area contributed by atoms with E-state index in [1.807, 2.05) is 0 Å². The summed E-state index contributed by atoms with van der Waals surface area (Å²) in [6, 6.07) is 0.611. The number of esters is 1. The fraction of sp³-hybridized carbons (Fsp3) is 0.500. The number of nitrogens with zero attached hydrogens (tertiary/aromatic N) is 1. The molecule has 1 atom stereocenters. The van der Waals surface area contributed by atoms with Crippen LogP contribution in [0.1, 0.15) is 29.6 Å². The first kappa shape index (κ1) is 17.1. The molecule has 1 fully saturated rings. The van der Waals surface area contributed by atoms with E-state index in [-0.39, 0.29) is 23.1 Å². The average molecular weight is 384 g/mol. The minimum Gasteiger partial charge on any atom is -0.465 e. The molecule has 1 unspecified atom stereocenters. The highest BCUT2D eigenvalue weighted by Crippen LogP contribution is 2.38. The topological polar surface area (TPSA) is 29.5 Å². The van der Waals surface area contributed by atoms with E-state index in [0.717, 1.165) is 18.1 Å². The van der Waals surface area contributed by atoms with Gasteiger partial charge in [-0.2, -0.15) is 13.2 Å². The number of halogens is 5. The number of anilines is 1. The SMILES string of the molecule is COC(=O)c1c(F)cc(Br)cc1N1CCCCC1C(F)(F)F. The number of rotatable bonds is 2. The van der Waals surface area contributed by atoms with Crippen LogP contribution in [0.3, 0.4) is 0 Å². The van der Waals surface area contributed by atoms with Crippen LogP contribution in [0.25, 0.3) is 0 Å². The molecule has 1 heterocycles. The average Bonchev–Trinajstić information content (AvgIpc) is 2.45. The molecule has 0 aromatic heterocycles. The van der Waals surface area contributed by atoms with Crippen molar-refractivity contribution in [2.75, 3.05) is 18.6 Å². The highest BCUT2D eigenvalue weighted by molar-refractivity contribution is 9.10. The Kier molecular flexibility index (Phi) is 4.99. The first-order valence-corrected chi connectivity index (χ1v) is 7.45. The number of piperidine rings is 1. The Balaban J connectivity index is 2.56. The van der Waals surface area contributed by atoms with E-state index >= 15 is 0 Å². The maximum absolute atomic E-state index is 14.1. The van der Waals surface area contributed by atoms with Crippen molar-refractivity contribution >= 4 is 27.6 Å². The Bertz CT molecular complexity index is 577. The molecule has 0 N–H and O–H groups in total. The normalized spacial score (nSPS) is 19.2. The van der Waals surface area contributed by atoms with Gasteiger partial charge in [-0.3, -0.25) is 0 Å². The molecular weight excluding hydrogens is 370 g/mol. The zero-order chi connectivity index (χ0) is 16.5. The first-order chi connectivity index (χ1) is 10.3. The van der Waals surface area contributed by atoms with Crippen molar-refractivity contribution in [3.8, 4) is 0 Å². The molecule has 0 amide bonds. The van der Waals surface area contributed by atoms with E-state index in [9.17, 15) is 22.4 Å². The van der Waals surface area contributed by atoms with Gasteiger partial charge in [0.05, 0.1) is 12.8 Å². The second-order valence-corrected chi connectivity index (χ2v) is 5.94. The van der Waals surface area contributed by atoms with Crippen molar-refractivity contribution in [1.29, 1.82) is 0 Å². The van der Waals surface area contributed by atoms with E-state index in [0.29, 0.717) is 12.8 Å². The third-order valence-corrected chi connectivity index (χ3v) is 4.07. The highest BCUT2D eigenvalue weighted by atomic mass is 79.9. The van der Waals surface area contributed by atoms with Crippen LogP contribution in [0.15, 0.2) is 16.6 Å². The third-order valence-electron chi connectivity index (χ3n) is 3.61. The smallest absolute Gasteiger partial charge is 0.408 e. The van der Waals surface area contributed by atoms with Crippen molar-refractivity contribution in [3.05, 3.63) is 28.0 Å². The molecule has 1 aromatic carbocycles. The largest absolute Gasteiger partial charge is 0.465 e.